The summed E-state index contributed by atoms with van der Waals surface area (Å²) >= 11 is 5.97. The Hall–Kier alpha value is -2.60. The highest BCUT2D eigenvalue weighted by Crippen LogP contribution is 2.39. The van der Waals surface area contributed by atoms with Crippen LogP contribution >= 0.6 is 11.6 Å². The summed E-state index contributed by atoms with van der Waals surface area (Å²) in [7, 11) is 0. The maximum absolute atomic E-state index is 13.0. The molecule has 1 aromatic heterocycles. The first-order valence-corrected chi connectivity index (χ1v) is 9.72. The van der Waals surface area contributed by atoms with Gasteiger partial charge in [-0.25, -0.2) is 5.01 Å². The lowest BCUT2D eigenvalue weighted by Crippen LogP contribution is -2.37. The summed E-state index contributed by atoms with van der Waals surface area (Å²) in [5, 5.41) is 6.54. The number of benzene rings is 1. The molecule has 1 aliphatic carbocycles. The zero-order valence-electron chi connectivity index (χ0n) is 15.7. The van der Waals surface area contributed by atoms with E-state index in [2.05, 4.69) is 5.10 Å². The number of halogens is 1. The van der Waals surface area contributed by atoms with E-state index in [-0.39, 0.29) is 23.8 Å². The van der Waals surface area contributed by atoms with Crippen molar-refractivity contribution in [2.24, 2.45) is 16.9 Å². The first-order valence-electron chi connectivity index (χ1n) is 9.34. The third-order valence-corrected chi connectivity index (χ3v) is 5.49. The predicted octanol–water partition coefficient (Wildman–Crippen LogP) is 4.20. The van der Waals surface area contributed by atoms with Crippen LogP contribution in [-0.2, 0) is 14.3 Å². The third kappa shape index (κ3) is 3.69. The molecule has 2 aliphatic rings. The van der Waals surface area contributed by atoms with Crippen molar-refractivity contribution in [2.75, 3.05) is 0 Å². The lowest BCUT2D eigenvalue weighted by molar-refractivity contribution is -0.161. The van der Waals surface area contributed by atoms with Crippen LogP contribution in [-0.4, -0.2) is 28.7 Å². The number of hydrazone groups is 1. The number of ether oxygens (including phenoxy) is 1. The van der Waals surface area contributed by atoms with Gasteiger partial charge in [0, 0.05) is 11.4 Å². The number of hydrogen-bond donors (Lipinski definition) is 0. The molecule has 1 aliphatic heterocycles. The monoisotopic (exact) mass is 400 g/mol. The Morgan fingerprint density at radius 3 is 2.61 bits per heavy atom. The van der Waals surface area contributed by atoms with Gasteiger partial charge in [0.1, 0.15) is 11.8 Å². The lowest BCUT2D eigenvalue weighted by Gasteiger charge is -2.23. The van der Waals surface area contributed by atoms with Crippen LogP contribution in [0, 0.1) is 11.8 Å². The molecule has 0 N–H and O–H groups in total. The molecule has 1 amide bonds. The molecule has 0 unspecified atom stereocenters. The smallest absolute Gasteiger partial charge is 0.309 e. The quantitative estimate of drug-likeness (QED) is 0.705. The van der Waals surface area contributed by atoms with Crippen molar-refractivity contribution in [3.05, 3.63) is 59.0 Å². The number of hydrogen-bond acceptors (Lipinski definition) is 5. The molecule has 0 spiro atoms. The van der Waals surface area contributed by atoms with E-state index >= 15 is 0 Å². The minimum Gasteiger partial charge on any atom is -0.467 e. The molecule has 4 rings (SSSR count). The van der Waals surface area contributed by atoms with E-state index in [4.69, 9.17) is 20.8 Å². The fraction of sp³-hybridized carbons (Fsp3) is 0.381. The van der Waals surface area contributed by atoms with E-state index in [1.165, 1.54) is 5.01 Å². The molecule has 2 heterocycles. The molecule has 0 saturated heterocycles. The first-order chi connectivity index (χ1) is 13.4. The Bertz CT molecular complexity index is 907. The van der Waals surface area contributed by atoms with Gasteiger partial charge in [-0.15, -0.1) is 0 Å². The number of carbonyl (C=O) groups is 2. The average Bonchev–Trinajstić information content (AvgIpc) is 3.08. The molecule has 4 atom stereocenters. The van der Waals surface area contributed by atoms with Crippen molar-refractivity contribution in [1.82, 2.24) is 5.01 Å². The zero-order chi connectivity index (χ0) is 19.8. The van der Waals surface area contributed by atoms with E-state index in [9.17, 15) is 9.59 Å². The third-order valence-electron chi connectivity index (χ3n) is 5.24. The van der Waals surface area contributed by atoms with Crippen LogP contribution in [0.25, 0.3) is 0 Å². The van der Waals surface area contributed by atoms with Gasteiger partial charge in [-0.1, -0.05) is 30.7 Å². The van der Waals surface area contributed by atoms with E-state index in [1.807, 2.05) is 25.1 Å². The fourth-order valence-corrected chi connectivity index (χ4v) is 3.51. The van der Waals surface area contributed by atoms with Crippen molar-refractivity contribution in [3.8, 4) is 0 Å². The number of esters is 1. The topological polar surface area (TPSA) is 72.1 Å². The maximum atomic E-state index is 13.0. The standard InChI is InChI=1S/C21H21ClN2O4/c1-12-10-16(12)21(26)28-13(2)20(25)24-18(19-4-3-9-27-19)11-17(23-24)14-5-7-15(22)8-6-14/h3-9,12-13,16,18H,10-11H2,1-2H3/t12-,13+,16-,18+/m1/s1. The molecular formula is C21H21ClN2O4. The summed E-state index contributed by atoms with van der Waals surface area (Å²) in [5.74, 6) is 0.182. The summed E-state index contributed by atoms with van der Waals surface area (Å²) < 4.78 is 10.9. The summed E-state index contributed by atoms with van der Waals surface area (Å²) in [4.78, 5) is 25.1. The average molecular weight is 401 g/mol. The van der Waals surface area contributed by atoms with E-state index in [0.29, 0.717) is 23.1 Å². The number of furan rings is 1. The van der Waals surface area contributed by atoms with Gasteiger partial charge < -0.3 is 9.15 Å². The van der Waals surface area contributed by atoms with Crippen LogP contribution in [0.3, 0.4) is 0 Å². The molecule has 2 aromatic rings. The summed E-state index contributed by atoms with van der Waals surface area (Å²) in [5.41, 5.74) is 1.63. The van der Waals surface area contributed by atoms with Crippen LogP contribution in [0.1, 0.15) is 44.1 Å². The molecule has 0 bridgehead atoms. The van der Waals surface area contributed by atoms with Crippen LogP contribution in [0.2, 0.25) is 5.02 Å². The predicted molar refractivity (Wildman–Crippen MR) is 104 cm³/mol. The molecule has 7 heteroatoms. The molecular weight excluding hydrogens is 380 g/mol. The van der Waals surface area contributed by atoms with Crippen molar-refractivity contribution in [2.45, 2.75) is 38.8 Å². The van der Waals surface area contributed by atoms with Gasteiger partial charge >= 0.3 is 5.97 Å². The summed E-state index contributed by atoms with van der Waals surface area (Å²) in [6, 6.07) is 10.5. The van der Waals surface area contributed by atoms with Crippen LogP contribution in [0.4, 0.5) is 0 Å². The van der Waals surface area contributed by atoms with Crippen molar-refractivity contribution in [1.29, 1.82) is 0 Å². The van der Waals surface area contributed by atoms with Crippen molar-refractivity contribution < 1.29 is 18.7 Å². The van der Waals surface area contributed by atoms with Gasteiger partial charge in [0.15, 0.2) is 6.10 Å². The van der Waals surface area contributed by atoms with E-state index in [1.54, 1.807) is 31.4 Å². The molecule has 28 heavy (non-hydrogen) atoms. The second-order valence-electron chi connectivity index (χ2n) is 7.37. The minimum absolute atomic E-state index is 0.0946. The number of nitrogens with zero attached hydrogens (tertiary/aromatic N) is 2. The highest BCUT2D eigenvalue weighted by Gasteiger charge is 2.43. The number of rotatable bonds is 5. The highest BCUT2D eigenvalue weighted by atomic mass is 35.5. The molecule has 0 radical (unpaired) electrons. The highest BCUT2D eigenvalue weighted by molar-refractivity contribution is 6.30. The molecule has 1 saturated carbocycles. The fourth-order valence-electron chi connectivity index (χ4n) is 3.38. The number of carbonyl (C=O) groups excluding carboxylic acids is 2. The number of amides is 1. The molecule has 6 nitrogen and oxygen atoms in total. The summed E-state index contributed by atoms with van der Waals surface area (Å²) in [6.45, 7) is 3.58. The normalized spacial score (nSPS) is 24.6. The Balaban J connectivity index is 1.56. The summed E-state index contributed by atoms with van der Waals surface area (Å²) in [6.07, 6.45) is 1.97. The molecule has 1 fully saturated rings. The zero-order valence-corrected chi connectivity index (χ0v) is 16.4. The second kappa shape index (κ2) is 7.43. The lowest BCUT2D eigenvalue weighted by atomic mass is 10.0. The van der Waals surface area contributed by atoms with Crippen molar-refractivity contribution >= 4 is 29.2 Å². The van der Waals surface area contributed by atoms with Crippen LogP contribution in [0.5, 0.6) is 0 Å². The molecule has 146 valence electrons. The van der Waals surface area contributed by atoms with E-state index in [0.717, 1.165) is 17.7 Å². The Morgan fingerprint density at radius 1 is 1.29 bits per heavy atom. The van der Waals surface area contributed by atoms with Gasteiger partial charge in [0.05, 0.1) is 17.9 Å². The first kappa shape index (κ1) is 18.7. The maximum Gasteiger partial charge on any atom is 0.309 e. The Labute approximate surface area is 168 Å². The van der Waals surface area contributed by atoms with E-state index < -0.39 is 6.10 Å². The van der Waals surface area contributed by atoms with Gasteiger partial charge in [-0.05, 0) is 49.1 Å². The SMILES string of the molecule is C[C@H](OC(=O)[C@@H]1C[C@H]1C)C(=O)N1N=C(c2ccc(Cl)cc2)C[C@H]1c1ccco1. The minimum atomic E-state index is -0.911. The van der Waals surface area contributed by atoms with Gasteiger partial charge in [-0.3, -0.25) is 9.59 Å². The Kier molecular flexibility index (Phi) is 4.98. The van der Waals surface area contributed by atoms with Gasteiger partial charge in [0.25, 0.3) is 5.91 Å². The van der Waals surface area contributed by atoms with Crippen molar-refractivity contribution in [3.63, 3.8) is 0 Å². The largest absolute Gasteiger partial charge is 0.467 e. The van der Waals surface area contributed by atoms with Crippen LogP contribution < -0.4 is 0 Å². The van der Waals surface area contributed by atoms with Gasteiger partial charge in [-0.2, -0.15) is 5.10 Å². The Morgan fingerprint density at radius 2 is 2.00 bits per heavy atom. The molecule has 1 aromatic carbocycles. The van der Waals surface area contributed by atoms with Crippen LogP contribution in [0.15, 0.2) is 52.2 Å². The second-order valence-corrected chi connectivity index (χ2v) is 7.81. The van der Waals surface area contributed by atoms with Gasteiger partial charge in [0.2, 0.25) is 0 Å².